The molecule has 16 heavy (non-hydrogen) atoms. The van der Waals surface area contributed by atoms with Gasteiger partial charge in [0.15, 0.2) is 0 Å². The molecule has 2 N–H and O–H groups in total. The Labute approximate surface area is 99.7 Å². The fourth-order valence-corrected chi connectivity index (χ4v) is 1.46. The van der Waals surface area contributed by atoms with Gasteiger partial charge in [0.25, 0.3) is 0 Å². The van der Waals surface area contributed by atoms with Gasteiger partial charge in [-0.2, -0.15) is 0 Å². The lowest BCUT2D eigenvalue weighted by molar-refractivity contribution is 0.241. The molecule has 0 aliphatic heterocycles. The lowest BCUT2D eigenvalue weighted by atomic mass is 10.0. The van der Waals surface area contributed by atoms with Gasteiger partial charge in [0.05, 0.1) is 0 Å². The van der Waals surface area contributed by atoms with Crippen LogP contribution in [0.3, 0.4) is 0 Å². The molecule has 0 spiro atoms. The molecule has 0 aliphatic rings. The monoisotopic (exact) mass is 226 g/mol. The molecule has 0 saturated carbocycles. The van der Waals surface area contributed by atoms with E-state index in [-0.39, 0.29) is 6.03 Å². The Morgan fingerprint density at radius 1 is 1.19 bits per heavy atom. The second-order valence-electron chi connectivity index (χ2n) is 4.52. The Hall–Kier alpha value is -0.990. The molecule has 3 heteroatoms. The predicted molar refractivity (Wildman–Crippen MR) is 69.5 cm³/mol. The molecule has 2 amide bonds. The Kier molecular flexibility index (Phi) is 9.87. The first-order chi connectivity index (χ1) is 7.66. The van der Waals surface area contributed by atoms with Crippen molar-refractivity contribution in [3.8, 4) is 0 Å². The second kappa shape index (κ2) is 10.5. The Balaban J connectivity index is 3.14. The first-order valence-corrected chi connectivity index (χ1v) is 6.29. The molecule has 0 atom stereocenters. The number of nitrogens with one attached hydrogen (secondary N) is 2. The number of amides is 2. The van der Waals surface area contributed by atoms with Gasteiger partial charge in [-0.25, -0.2) is 4.79 Å². The predicted octanol–water partition coefficient (Wildman–Crippen LogP) is 3.08. The average Bonchev–Trinajstić information content (AvgIpc) is 2.24. The summed E-state index contributed by atoms with van der Waals surface area (Å²) in [5.41, 5.74) is 0. The van der Waals surface area contributed by atoms with Gasteiger partial charge in [-0.05, 0) is 12.3 Å². The van der Waals surface area contributed by atoms with E-state index in [0.29, 0.717) is 6.54 Å². The summed E-state index contributed by atoms with van der Waals surface area (Å²) in [7, 11) is 0. The van der Waals surface area contributed by atoms with Crippen LogP contribution in [-0.2, 0) is 0 Å². The van der Waals surface area contributed by atoms with Crippen LogP contribution < -0.4 is 10.6 Å². The van der Waals surface area contributed by atoms with Gasteiger partial charge in [-0.15, -0.1) is 6.58 Å². The van der Waals surface area contributed by atoms with E-state index in [1.165, 1.54) is 25.7 Å². The number of unbranched alkanes of at least 4 members (excludes halogenated alkanes) is 3. The molecule has 94 valence electrons. The minimum Gasteiger partial charge on any atom is -0.338 e. The van der Waals surface area contributed by atoms with E-state index in [4.69, 9.17) is 0 Å². The van der Waals surface area contributed by atoms with Crippen LogP contribution >= 0.6 is 0 Å². The van der Waals surface area contributed by atoms with E-state index >= 15 is 0 Å². The highest BCUT2D eigenvalue weighted by Gasteiger charge is 1.97. The summed E-state index contributed by atoms with van der Waals surface area (Å²) in [5.74, 6) is 0.808. The standard InChI is InChI=1S/C13H26N2O/c1-4-10-14-13(16)15-11-8-6-5-7-9-12(2)3/h4,12H,1,5-11H2,2-3H3,(H2,14,15,16). The van der Waals surface area contributed by atoms with E-state index in [2.05, 4.69) is 31.1 Å². The zero-order chi connectivity index (χ0) is 12.2. The lowest BCUT2D eigenvalue weighted by Crippen LogP contribution is -2.35. The molecule has 0 aromatic rings. The van der Waals surface area contributed by atoms with E-state index < -0.39 is 0 Å². The molecule has 0 aromatic heterocycles. The molecular formula is C13H26N2O. The number of urea groups is 1. The van der Waals surface area contributed by atoms with Crippen molar-refractivity contribution < 1.29 is 4.79 Å². The van der Waals surface area contributed by atoms with E-state index in [1.54, 1.807) is 6.08 Å². The maximum Gasteiger partial charge on any atom is 0.315 e. The van der Waals surface area contributed by atoms with Crippen molar-refractivity contribution in [3.63, 3.8) is 0 Å². The van der Waals surface area contributed by atoms with Crippen molar-refractivity contribution in [1.82, 2.24) is 10.6 Å². The average molecular weight is 226 g/mol. The van der Waals surface area contributed by atoms with Crippen molar-refractivity contribution >= 4 is 6.03 Å². The van der Waals surface area contributed by atoms with Gasteiger partial charge >= 0.3 is 6.03 Å². The van der Waals surface area contributed by atoms with E-state index in [9.17, 15) is 4.79 Å². The highest BCUT2D eigenvalue weighted by molar-refractivity contribution is 5.73. The minimum atomic E-state index is -0.0953. The Morgan fingerprint density at radius 2 is 1.88 bits per heavy atom. The molecule has 0 radical (unpaired) electrons. The summed E-state index contributed by atoms with van der Waals surface area (Å²) < 4.78 is 0. The first-order valence-electron chi connectivity index (χ1n) is 6.29. The van der Waals surface area contributed by atoms with Gasteiger partial charge in [-0.3, -0.25) is 0 Å². The lowest BCUT2D eigenvalue weighted by Gasteiger charge is -2.06. The van der Waals surface area contributed by atoms with Crippen molar-refractivity contribution in [1.29, 1.82) is 0 Å². The highest BCUT2D eigenvalue weighted by atomic mass is 16.2. The number of hydrogen-bond acceptors (Lipinski definition) is 1. The summed E-state index contributed by atoms with van der Waals surface area (Å²) in [6.07, 6.45) is 7.83. The first kappa shape index (κ1) is 15.0. The zero-order valence-electron chi connectivity index (χ0n) is 10.7. The summed E-state index contributed by atoms with van der Waals surface area (Å²) in [5, 5.41) is 5.50. The summed E-state index contributed by atoms with van der Waals surface area (Å²) in [6.45, 7) is 9.34. The second-order valence-corrected chi connectivity index (χ2v) is 4.52. The third kappa shape index (κ3) is 11.1. The zero-order valence-corrected chi connectivity index (χ0v) is 10.7. The third-order valence-corrected chi connectivity index (χ3v) is 2.40. The fourth-order valence-electron chi connectivity index (χ4n) is 1.46. The van der Waals surface area contributed by atoms with Crippen LogP contribution in [0.1, 0.15) is 46.0 Å². The topological polar surface area (TPSA) is 41.1 Å². The Morgan fingerprint density at radius 3 is 2.50 bits per heavy atom. The van der Waals surface area contributed by atoms with Crippen molar-refractivity contribution in [2.75, 3.05) is 13.1 Å². The van der Waals surface area contributed by atoms with Crippen LogP contribution in [0.15, 0.2) is 12.7 Å². The van der Waals surface area contributed by atoms with Gasteiger partial charge in [0.2, 0.25) is 0 Å². The quantitative estimate of drug-likeness (QED) is 0.460. The summed E-state index contributed by atoms with van der Waals surface area (Å²) in [4.78, 5) is 11.1. The van der Waals surface area contributed by atoms with Gasteiger partial charge in [0, 0.05) is 13.1 Å². The molecule has 0 saturated heterocycles. The number of carbonyl (C=O) groups excluding carboxylic acids is 1. The fraction of sp³-hybridized carbons (Fsp3) is 0.769. The smallest absolute Gasteiger partial charge is 0.315 e. The molecule has 0 unspecified atom stereocenters. The van der Waals surface area contributed by atoms with Gasteiger partial charge in [0.1, 0.15) is 0 Å². The largest absolute Gasteiger partial charge is 0.338 e. The summed E-state index contributed by atoms with van der Waals surface area (Å²) in [6, 6.07) is -0.0953. The van der Waals surface area contributed by atoms with E-state index in [1.807, 2.05) is 0 Å². The normalized spacial score (nSPS) is 10.2. The molecule has 0 bridgehead atoms. The number of rotatable bonds is 9. The Bertz CT molecular complexity index is 190. The molecular weight excluding hydrogens is 200 g/mol. The van der Waals surface area contributed by atoms with Crippen LogP contribution in [0.25, 0.3) is 0 Å². The van der Waals surface area contributed by atoms with Crippen LogP contribution in [0.5, 0.6) is 0 Å². The highest BCUT2D eigenvalue weighted by Crippen LogP contribution is 2.08. The maximum atomic E-state index is 11.1. The molecule has 0 aromatic carbocycles. The number of hydrogen-bond donors (Lipinski definition) is 2. The van der Waals surface area contributed by atoms with Gasteiger partial charge in [-0.1, -0.05) is 45.6 Å². The van der Waals surface area contributed by atoms with Crippen molar-refractivity contribution in [2.45, 2.75) is 46.0 Å². The van der Waals surface area contributed by atoms with Crippen LogP contribution in [-0.4, -0.2) is 19.1 Å². The summed E-state index contributed by atoms with van der Waals surface area (Å²) >= 11 is 0. The minimum absolute atomic E-state index is 0.0953. The van der Waals surface area contributed by atoms with Crippen LogP contribution in [0.2, 0.25) is 0 Å². The SMILES string of the molecule is C=CCNC(=O)NCCCCCCC(C)C. The van der Waals surface area contributed by atoms with Gasteiger partial charge < -0.3 is 10.6 Å². The maximum absolute atomic E-state index is 11.1. The third-order valence-electron chi connectivity index (χ3n) is 2.40. The molecule has 0 aliphatic carbocycles. The molecule has 0 fully saturated rings. The molecule has 0 rings (SSSR count). The molecule has 3 nitrogen and oxygen atoms in total. The van der Waals surface area contributed by atoms with E-state index in [0.717, 1.165) is 18.9 Å². The van der Waals surface area contributed by atoms with Crippen LogP contribution in [0.4, 0.5) is 4.79 Å². The molecule has 0 heterocycles. The van der Waals surface area contributed by atoms with Crippen molar-refractivity contribution in [3.05, 3.63) is 12.7 Å². The van der Waals surface area contributed by atoms with Crippen LogP contribution in [0, 0.1) is 5.92 Å². The number of carbonyl (C=O) groups is 1. The van der Waals surface area contributed by atoms with Crippen molar-refractivity contribution in [2.24, 2.45) is 5.92 Å².